The molecule has 0 spiro atoms. The Hall–Kier alpha value is -2.76. The summed E-state index contributed by atoms with van der Waals surface area (Å²) in [7, 11) is 0. The van der Waals surface area contributed by atoms with E-state index >= 15 is 0 Å². The van der Waals surface area contributed by atoms with E-state index in [2.05, 4.69) is 22.5 Å². The van der Waals surface area contributed by atoms with Crippen LogP contribution in [0, 0.1) is 13.8 Å². The molecule has 0 radical (unpaired) electrons. The Kier molecular flexibility index (Phi) is 4.19. The van der Waals surface area contributed by atoms with Crippen molar-refractivity contribution in [1.82, 2.24) is 19.5 Å². The average Bonchev–Trinajstić information content (AvgIpc) is 3.29. The molecule has 0 atom stereocenters. The molecular formula is C23H26N4O2. The van der Waals surface area contributed by atoms with E-state index in [1.54, 1.807) is 0 Å². The van der Waals surface area contributed by atoms with Crippen LogP contribution in [0.1, 0.15) is 72.8 Å². The number of aromatic nitrogens is 4. The Bertz CT molecular complexity index is 1090. The molecule has 29 heavy (non-hydrogen) atoms. The van der Waals surface area contributed by atoms with Crippen molar-refractivity contribution in [3.8, 4) is 0 Å². The number of aryl methyl sites for hydroxylation is 2. The van der Waals surface area contributed by atoms with Crippen LogP contribution in [0.5, 0.6) is 0 Å². The quantitative estimate of drug-likeness (QED) is 0.704. The van der Waals surface area contributed by atoms with Gasteiger partial charge < -0.3 is 9.67 Å². The Morgan fingerprint density at radius 3 is 2.59 bits per heavy atom. The van der Waals surface area contributed by atoms with Gasteiger partial charge in [-0.25, -0.2) is 9.97 Å². The second-order valence-electron chi connectivity index (χ2n) is 8.73. The van der Waals surface area contributed by atoms with Crippen LogP contribution < -0.4 is 0 Å². The number of hydrogen-bond donors (Lipinski definition) is 1. The van der Waals surface area contributed by atoms with Crippen molar-refractivity contribution in [1.29, 1.82) is 0 Å². The summed E-state index contributed by atoms with van der Waals surface area (Å²) < 4.78 is 2.23. The molecule has 0 amide bonds. The van der Waals surface area contributed by atoms with Gasteiger partial charge in [0, 0.05) is 17.8 Å². The minimum absolute atomic E-state index is 0.518. The van der Waals surface area contributed by atoms with Gasteiger partial charge in [0.1, 0.15) is 16.8 Å². The van der Waals surface area contributed by atoms with Crippen LogP contribution in [0.4, 0.5) is 0 Å². The van der Waals surface area contributed by atoms with E-state index in [1.807, 2.05) is 25.3 Å². The van der Waals surface area contributed by atoms with Crippen LogP contribution in [0.25, 0.3) is 11.2 Å². The molecule has 0 bridgehead atoms. The molecule has 2 saturated carbocycles. The summed E-state index contributed by atoms with van der Waals surface area (Å²) in [6, 6.07) is 6.02. The third-order valence-electron chi connectivity index (χ3n) is 6.52. The molecule has 1 N–H and O–H groups in total. The first-order valence-electron chi connectivity index (χ1n) is 10.5. The lowest BCUT2D eigenvalue weighted by molar-refractivity contribution is -0.143. The molecule has 0 aromatic carbocycles. The Morgan fingerprint density at radius 1 is 1.21 bits per heavy atom. The lowest BCUT2D eigenvalue weighted by atomic mass is 9.82. The highest BCUT2D eigenvalue weighted by Gasteiger charge is 2.44. The van der Waals surface area contributed by atoms with E-state index in [9.17, 15) is 9.90 Å². The number of nitrogens with zero attached hydrogens (tertiary/aromatic N) is 4. The van der Waals surface area contributed by atoms with E-state index in [0.29, 0.717) is 31.0 Å². The van der Waals surface area contributed by atoms with Gasteiger partial charge in [0.15, 0.2) is 5.65 Å². The second-order valence-corrected chi connectivity index (χ2v) is 8.73. The summed E-state index contributed by atoms with van der Waals surface area (Å²) in [5.74, 6) is 0.884. The first kappa shape index (κ1) is 18.3. The standard InChI is InChI=1S/C23H26N4O2/c1-14-11-15(2)25-21-19(14)26-20(17-6-7-17)27(21)13-16-5-8-18(24-12-16)23(22(28)29)9-3-4-10-23/h5,8,11-12,17H,3-4,6-7,9-10,13H2,1-2H3,(H,28,29). The van der Waals surface area contributed by atoms with E-state index < -0.39 is 11.4 Å². The third kappa shape index (κ3) is 3.02. The number of fused-ring (bicyclic) bond motifs is 1. The zero-order chi connectivity index (χ0) is 20.2. The van der Waals surface area contributed by atoms with Crippen LogP contribution in [0.3, 0.4) is 0 Å². The van der Waals surface area contributed by atoms with Gasteiger partial charge in [-0.15, -0.1) is 0 Å². The molecule has 2 aliphatic rings. The summed E-state index contributed by atoms with van der Waals surface area (Å²) in [5, 5.41) is 9.81. The monoisotopic (exact) mass is 390 g/mol. The molecule has 2 fully saturated rings. The molecule has 6 heteroatoms. The van der Waals surface area contributed by atoms with Crippen molar-refractivity contribution in [2.24, 2.45) is 0 Å². The smallest absolute Gasteiger partial charge is 0.315 e. The van der Waals surface area contributed by atoms with Gasteiger partial charge in [-0.05, 0) is 62.8 Å². The summed E-state index contributed by atoms with van der Waals surface area (Å²) in [6.45, 7) is 4.77. The number of rotatable bonds is 5. The normalized spacial score (nSPS) is 18.4. The van der Waals surface area contributed by atoms with Gasteiger partial charge in [-0.3, -0.25) is 9.78 Å². The maximum absolute atomic E-state index is 11.9. The zero-order valence-electron chi connectivity index (χ0n) is 17.0. The number of imidazole rings is 1. The van der Waals surface area contributed by atoms with Crippen molar-refractivity contribution in [2.45, 2.75) is 70.3 Å². The van der Waals surface area contributed by atoms with E-state index in [-0.39, 0.29) is 0 Å². The highest BCUT2D eigenvalue weighted by atomic mass is 16.4. The number of carboxylic acid groups (broad SMARTS) is 1. The van der Waals surface area contributed by atoms with Crippen molar-refractivity contribution in [3.05, 3.63) is 52.7 Å². The van der Waals surface area contributed by atoms with Crippen LogP contribution in [-0.4, -0.2) is 30.6 Å². The minimum Gasteiger partial charge on any atom is -0.481 e. The number of carbonyl (C=O) groups is 1. The fraction of sp³-hybridized carbons (Fsp3) is 0.478. The number of aliphatic carboxylic acids is 1. The van der Waals surface area contributed by atoms with E-state index in [1.165, 1.54) is 12.8 Å². The fourth-order valence-electron chi connectivity index (χ4n) is 4.77. The van der Waals surface area contributed by atoms with Crippen LogP contribution in [0.15, 0.2) is 24.4 Å². The topological polar surface area (TPSA) is 80.9 Å². The fourth-order valence-corrected chi connectivity index (χ4v) is 4.77. The lowest BCUT2D eigenvalue weighted by Crippen LogP contribution is -2.33. The summed E-state index contributed by atoms with van der Waals surface area (Å²) in [4.78, 5) is 26.3. The molecular weight excluding hydrogens is 364 g/mol. The number of hydrogen-bond acceptors (Lipinski definition) is 4. The molecule has 3 heterocycles. The maximum Gasteiger partial charge on any atom is 0.315 e. The largest absolute Gasteiger partial charge is 0.481 e. The molecule has 0 aliphatic heterocycles. The maximum atomic E-state index is 11.9. The lowest BCUT2D eigenvalue weighted by Gasteiger charge is -2.23. The summed E-state index contributed by atoms with van der Waals surface area (Å²) in [6.07, 6.45) is 7.45. The van der Waals surface area contributed by atoms with Gasteiger partial charge >= 0.3 is 5.97 Å². The zero-order valence-corrected chi connectivity index (χ0v) is 17.0. The van der Waals surface area contributed by atoms with Gasteiger partial charge in [0.25, 0.3) is 0 Å². The first-order chi connectivity index (χ1) is 14.0. The van der Waals surface area contributed by atoms with E-state index in [4.69, 9.17) is 9.97 Å². The van der Waals surface area contributed by atoms with Crippen LogP contribution in [0.2, 0.25) is 0 Å². The molecule has 5 rings (SSSR count). The first-order valence-corrected chi connectivity index (χ1v) is 10.5. The average molecular weight is 390 g/mol. The second kappa shape index (κ2) is 6.65. The molecule has 3 aromatic rings. The van der Waals surface area contributed by atoms with Crippen molar-refractivity contribution in [2.75, 3.05) is 0 Å². The molecule has 2 aliphatic carbocycles. The van der Waals surface area contributed by atoms with Gasteiger partial charge in [-0.2, -0.15) is 0 Å². The Balaban J connectivity index is 1.51. The van der Waals surface area contributed by atoms with Crippen molar-refractivity contribution < 1.29 is 9.90 Å². The van der Waals surface area contributed by atoms with Crippen LogP contribution in [-0.2, 0) is 16.8 Å². The molecule has 3 aromatic heterocycles. The highest BCUT2D eigenvalue weighted by Crippen LogP contribution is 2.42. The SMILES string of the molecule is Cc1cc(C)c2nc(C3CC3)n(Cc3ccc(C4(C(=O)O)CCCC4)nc3)c2n1. The van der Waals surface area contributed by atoms with E-state index in [0.717, 1.165) is 46.7 Å². The van der Waals surface area contributed by atoms with Crippen LogP contribution >= 0.6 is 0 Å². The molecule has 0 unspecified atom stereocenters. The number of pyridine rings is 2. The highest BCUT2D eigenvalue weighted by molar-refractivity contribution is 5.81. The Morgan fingerprint density at radius 2 is 1.97 bits per heavy atom. The predicted octanol–water partition coefficient (Wildman–Crippen LogP) is 4.27. The van der Waals surface area contributed by atoms with Crippen molar-refractivity contribution in [3.63, 3.8) is 0 Å². The third-order valence-corrected chi connectivity index (χ3v) is 6.52. The van der Waals surface area contributed by atoms with Gasteiger partial charge in [-0.1, -0.05) is 18.9 Å². The molecule has 0 saturated heterocycles. The van der Waals surface area contributed by atoms with Gasteiger partial charge in [0.05, 0.1) is 12.2 Å². The van der Waals surface area contributed by atoms with Gasteiger partial charge in [0.2, 0.25) is 0 Å². The number of carboxylic acids is 1. The Labute approximate surface area is 170 Å². The predicted molar refractivity (Wildman–Crippen MR) is 110 cm³/mol. The molecule has 6 nitrogen and oxygen atoms in total. The molecule has 150 valence electrons. The summed E-state index contributed by atoms with van der Waals surface area (Å²) >= 11 is 0. The summed E-state index contributed by atoms with van der Waals surface area (Å²) in [5.41, 5.74) is 5.00. The van der Waals surface area contributed by atoms with Crippen molar-refractivity contribution >= 4 is 17.1 Å². The minimum atomic E-state index is -0.810.